The molecule has 0 aromatic heterocycles. The molecular formula is C13H26N2O. The fraction of sp³-hybridized carbons (Fsp3) is 0.923. The van der Waals surface area contributed by atoms with Crippen molar-refractivity contribution >= 4 is 6.03 Å². The van der Waals surface area contributed by atoms with Crippen LogP contribution in [-0.4, -0.2) is 30.6 Å². The molecule has 0 aromatic rings. The van der Waals surface area contributed by atoms with Crippen LogP contribution in [-0.2, 0) is 0 Å². The summed E-state index contributed by atoms with van der Waals surface area (Å²) in [5.41, 5.74) is 0. The van der Waals surface area contributed by atoms with Crippen LogP contribution in [0.25, 0.3) is 0 Å². The number of nitrogens with one attached hydrogen (secondary N) is 1. The van der Waals surface area contributed by atoms with Gasteiger partial charge in [0.1, 0.15) is 0 Å². The molecular weight excluding hydrogens is 200 g/mol. The first-order valence-corrected chi connectivity index (χ1v) is 6.70. The number of nitrogens with zero attached hydrogens (tertiary/aromatic N) is 1. The lowest BCUT2D eigenvalue weighted by atomic mass is 9.83. The SMILES string of the molecule is CCC(NC(=O)N(C)CC)C1CCCCC1. The lowest BCUT2D eigenvalue weighted by Gasteiger charge is -2.31. The van der Waals surface area contributed by atoms with Gasteiger partial charge in [0.25, 0.3) is 0 Å². The minimum Gasteiger partial charge on any atom is -0.335 e. The molecule has 1 saturated carbocycles. The molecule has 1 unspecified atom stereocenters. The van der Waals surface area contributed by atoms with Crippen molar-refractivity contribution in [2.45, 2.75) is 58.4 Å². The van der Waals surface area contributed by atoms with E-state index in [4.69, 9.17) is 0 Å². The van der Waals surface area contributed by atoms with Crippen molar-refractivity contribution in [3.05, 3.63) is 0 Å². The largest absolute Gasteiger partial charge is 0.335 e. The molecule has 1 atom stereocenters. The standard InChI is InChI=1S/C13H26N2O/c1-4-12(11-9-7-6-8-10-11)14-13(16)15(3)5-2/h11-12H,4-10H2,1-3H3,(H,14,16). The summed E-state index contributed by atoms with van der Waals surface area (Å²) in [5, 5.41) is 3.17. The van der Waals surface area contributed by atoms with Gasteiger partial charge in [-0.05, 0) is 32.1 Å². The molecule has 2 amide bonds. The first-order chi connectivity index (χ1) is 7.69. The van der Waals surface area contributed by atoms with Crippen LogP contribution in [0.4, 0.5) is 4.79 Å². The van der Waals surface area contributed by atoms with E-state index in [0.717, 1.165) is 13.0 Å². The van der Waals surface area contributed by atoms with Gasteiger partial charge in [0.2, 0.25) is 0 Å². The van der Waals surface area contributed by atoms with Crippen LogP contribution >= 0.6 is 0 Å². The van der Waals surface area contributed by atoms with Crippen molar-refractivity contribution in [3.63, 3.8) is 0 Å². The van der Waals surface area contributed by atoms with Crippen molar-refractivity contribution < 1.29 is 4.79 Å². The summed E-state index contributed by atoms with van der Waals surface area (Å²) < 4.78 is 0. The van der Waals surface area contributed by atoms with Crippen LogP contribution in [0, 0.1) is 5.92 Å². The molecule has 3 nitrogen and oxygen atoms in total. The fourth-order valence-electron chi connectivity index (χ4n) is 2.50. The number of hydrogen-bond acceptors (Lipinski definition) is 1. The number of urea groups is 1. The Morgan fingerprint density at radius 2 is 1.94 bits per heavy atom. The first kappa shape index (κ1) is 13.3. The molecule has 1 aliphatic rings. The summed E-state index contributed by atoms with van der Waals surface area (Å²) in [7, 11) is 1.85. The van der Waals surface area contributed by atoms with Gasteiger partial charge in [-0.2, -0.15) is 0 Å². The van der Waals surface area contributed by atoms with Gasteiger partial charge >= 0.3 is 6.03 Å². The Morgan fingerprint density at radius 3 is 2.44 bits per heavy atom. The van der Waals surface area contributed by atoms with E-state index in [2.05, 4.69) is 12.2 Å². The van der Waals surface area contributed by atoms with E-state index in [-0.39, 0.29) is 6.03 Å². The topological polar surface area (TPSA) is 32.3 Å². The molecule has 0 radical (unpaired) electrons. The Bertz CT molecular complexity index is 212. The number of rotatable bonds is 4. The molecule has 0 spiro atoms. The number of carbonyl (C=O) groups excluding carboxylic acids is 1. The van der Waals surface area contributed by atoms with Crippen molar-refractivity contribution in [1.29, 1.82) is 0 Å². The van der Waals surface area contributed by atoms with Crippen LogP contribution in [0.5, 0.6) is 0 Å². The predicted octanol–water partition coefficient (Wildman–Crippen LogP) is 3.01. The maximum absolute atomic E-state index is 11.8. The lowest BCUT2D eigenvalue weighted by Crippen LogP contribution is -2.46. The molecule has 1 N–H and O–H groups in total. The van der Waals surface area contributed by atoms with Gasteiger partial charge in [-0.15, -0.1) is 0 Å². The predicted molar refractivity (Wildman–Crippen MR) is 67.5 cm³/mol. The van der Waals surface area contributed by atoms with Gasteiger partial charge in [-0.1, -0.05) is 26.2 Å². The van der Waals surface area contributed by atoms with Crippen LogP contribution in [0.3, 0.4) is 0 Å². The smallest absolute Gasteiger partial charge is 0.317 e. The van der Waals surface area contributed by atoms with E-state index in [0.29, 0.717) is 12.0 Å². The normalized spacial score (nSPS) is 19.2. The third-order valence-corrected chi connectivity index (χ3v) is 3.79. The highest BCUT2D eigenvalue weighted by Crippen LogP contribution is 2.27. The summed E-state index contributed by atoms with van der Waals surface area (Å²) in [6, 6.07) is 0.460. The zero-order valence-electron chi connectivity index (χ0n) is 11.0. The maximum Gasteiger partial charge on any atom is 0.317 e. The molecule has 0 saturated heterocycles. The monoisotopic (exact) mass is 226 g/mol. The maximum atomic E-state index is 11.8. The van der Waals surface area contributed by atoms with Gasteiger partial charge in [-0.3, -0.25) is 0 Å². The van der Waals surface area contributed by atoms with Crippen LogP contribution in [0.2, 0.25) is 0 Å². The summed E-state index contributed by atoms with van der Waals surface area (Å²) >= 11 is 0. The highest BCUT2D eigenvalue weighted by molar-refractivity contribution is 5.74. The van der Waals surface area contributed by atoms with Crippen LogP contribution in [0.1, 0.15) is 52.4 Å². The lowest BCUT2D eigenvalue weighted by molar-refractivity contribution is 0.193. The highest BCUT2D eigenvalue weighted by Gasteiger charge is 2.24. The molecule has 0 aliphatic heterocycles. The third-order valence-electron chi connectivity index (χ3n) is 3.79. The van der Waals surface area contributed by atoms with Crippen LogP contribution in [0.15, 0.2) is 0 Å². The van der Waals surface area contributed by atoms with Crippen molar-refractivity contribution in [1.82, 2.24) is 10.2 Å². The molecule has 3 heteroatoms. The zero-order chi connectivity index (χ0) is 12.0. The Labute approximate surface area is 99.6 Å². The molecule has 16 heavy (non-hydrogen) atoms. The van der Waals surface area contributed by atoms with Gasteiger partial charge in [-0.25, -0.2) is 4.79 Å². The Morgan fingerprint density at radius 1 is 1.31 bits per heavy atom. The van der Waals surface area contributed by atoms with E-state index in [1.165, 1.54) is 32.1 Å². The van der Waals surface area contributed by atoms with E-state index in [1.807, 2.05) is 14.0 Å². The quantitative estimate of drug-likeness (QED) is 0.785. The van der Waals surface area contributed by atoms with Gasteiger partial charge in [0, 0.05) is 19.6 Å². The molecule has 0 bridgehead atoms. The van der Waals surface area contributed by atoms with Crippen molar-refractivity contribution in [2.24, 2.45) is 5.92 Å². The van der Waals surface area contributed by atoms with Gasteiger partial charge < -0.3 is 10.2 Å². The molecule has 0 aromatic carbocycles. The number of amides is 2. The number of hydrogen-bond donors (Lipinski definition) is 1. The molecule has 1 fully saturated rings. The van der Waals surface area contributed by atoms with E-state index in [9.17, 15) is 4.79 Å². The fourth-order valence-corrected chi connectivity index (χ4v) is 2.50. The highest BCUT2D eigenvalue weighted by atomic mass is 16.2. The minimum atomic E-state index is 0.0833. The Balaban J connectivity index is 2.44. The average Bonchev–Trinajstić information content (AvgIpc) is 2.35. The molecule has 1 aliphatic carbocycles. The second kappa shape index (κ2) is 6.77. The summed E-state index contributed by atoms with van der Waals surface area (Å²) in [4.78, 5) is 13.5. The average molecular weight is 226 g/mol. The molecule has 1 rings (SSSR count). The van der Waals surface area contributed by atoms with E-state index < -0.39 is 0 Å². The van der Waals surface area contributed by atoms with Crippen LogP contribution < -0.4 is 5.32 Å². The molecule has 0 heterocycles. The first-order valence-electron chi connectivity index (χ1n) is 6.70. The second-order valence-corrected chi connectivity index (χ2v) is 4.88. The summed E-state index contributed by atoms with van der Waals surface area (Å²) in [6.07, 6.45) is 7.66. The van der Waals surface area contributed by atoms with E-state index in [1.54, 1.807) is 4.90 Å². The van der Waals surface area contributed by atoms with Gasteiger partial charge in [0.05, 0.1) is 0 Å². The van der Waals surface area contributed by atoms with E-state index >= 15 is 0 Å². The summed E-state index contributed by atoms with van der Waals surface area (Å²) in [5.74, 6) is 0.702. The van der Waals surface area contributed by atoms with Gasteiger partial charge in [0.15, 0.2) is 0 Å². The van der Waals surface area contributed by atoms with Crippen molar-refractivity contribution in [2.75, 3.05) is 13.6 Å². The minimum absolute atomic E-state index is 0.0833. The Kier molecular flexibility index (Phi) is 5.64. The summed E-state index contributed by atoms with van der Waals surface area (Å²) in [6.45, 7) is 4.94. The zero-order valence-corrected chi connectivity index (χ0v) is 11.0. The Hall–Kier alpha value is -0.730. The molecule has 94 valence electrons. The number of carbonyl (C=O) groups is 1. The van der Waals surface area contributed by atoms with Crippen molar-refractivity contribution in [3.8, 4) is 0 Å². The second-order valence-electron chi connectivity index (χ2n) is 4.88. The third kappa shape index (κ3) is 3.69.